The third-order valence-electron chi connectivity index (χ3n) is 3.29. The van der Waals surface area contributed by atoms with E-state index in [9.17, 15) is 43.9 Å². The van der Waals surface area contributed by atoms with Gasteiger partial charge in [-0.3, -0.25) is 9.98 Å². The topological polar surface area (TPSA) is 24.7 Å². The number of aliphatic imine (C=N–C) groups is 2. The summed E-state index contributed by atoms with van der Waals surface area (Å²) in [4.78, 5) is 6.66. The Morgan fingerprint density at radius 3 is 0.857 bits per heavy atom. The molecule has 0 aliphatic heterocycles. The van der Waals surface area contributed by atoms with Crippen LogP contribution in [0.4, 0.5) is 43.9 Å². The number of hydrogen-bond donors (Lipinski definition) is 0. The fourth-order valence-electron chi connectivity index (χ4n) is 1.90. The molecule has 0 aliphatic rings. The lowest BCUT2D eigenvalue weighted by Gasteiger charge is -2.04. The highest BCUT2D eigenvalue weighted by atomic mass is 19.2. The summed E-state index contributed by atoms with van der Waals surface area (Å²) in [5.41, 5.74) is -2.64. The lowest BCUT2D eigenvalue weighted by molar-refractivity contribution is 0.377. The van der Waals surface area contributed by atoms with E-state index in [4.69, 9.17) is 0 Å². The standard InChI is InChI=1S/C16H6F10N2/c17-7-5(8(18)12(22)15(25)11(7)21)3-27-1-2-28-4-6-9(19)13(23)16(26)14(24)10(6)20/h3-4H,1-2H2. The molecule has 2 rings (SSSR count). The van der Waals surface area contributed by atoms with Crippen molar-refractivity contribution in [3.05, 3.63) is 69.3 Å². The van der Waals surface area contributed by atoms with Crippen LogP contribution in [0, 0.1) is 58.2 Å². The third kappa shape index (κ3) is 3.85. The van der Waals surface area contributed by atoms with Gasteiger partial charge in [0.15, 0.2) is 46.5 Å². The van der Waals surface area contributed by atoms with E-state index in [0.29, 0.717) is 12.4 Å². The van der Waals surface area contributed by atoms with E-state index in [-0.39, 0.29) is 0 Å². The van der Waals surface area contributed by atoms with E-state index in [2.05, 4.69) is 9.98 Å². The summed E-state index contributed by atoms with van der Waals surface area (Å²) in [5.74, 6) is -21.9. The van der Waals surface area contributed by atoms with E-state index in [1.807, 2.05) is 0 Å². The van der Waals surface area contributed by atoms with Crippen molar-refractivity contribution in [2.45, 2.75) is 0 Å². The molecule has 2 nitrogen and oxygen atoms in total. The van der Waals surface area contributed by atoms with Gasteiger partial charge in [0.25, 0.3) is 0 Å². The molecule has 0 spiro atoms. The van der Waals surface area contributed by atoms with Crippen molar-refractivity contribution in [3.8, 4) is 0 Å². The Bertz CT molecular complexity index is 847. The Labute approximate surface area is 149 Å². The Hall–Kier alpha value is -2.92. The summed E-state index contributed by atoms with van der Waals surface area (Å²) in [7, 11) is 0. The van der Waals surface area contributed by atoms with Gasteiger partial charge < -0.3 is 0 Å². The molecule has 0 bridgehead atoms. The molecule has 0 saturated carbocycles. The van der Waals surface area contributed by atoms with Gasteiger partial charge >= 0.3 is 0 Å². The summed E-state index contributed by atoms with van der Waals surface area (Å²) >= 11 is 0. The van der Waals surface area contributed by atoms with Crippen LogP contribution in [0.25, 0.3) is 0 Å². The van der Waals surface area contributed by atoms with E-state index in [1.54, 1.807) is 0 Å². The van der Waals surface area contributed by atoms with Gasteiger partial charge in [0.2, 0.25) is 11.6 Å². The van der Waals surface area contributed by atoms with Gasteiger partial charge in [-0.25, -0.2) is 43.9 Å². The fraction of sp³-hybridized carbons (Fsp3) is 0.125. The summed E-state index contributed by atoms with van der Waals surface area (Å²) < 4.78 is 131. The number of rotatable bonds is 5. The minimum atomic E-state index is -2.35. The zero-order chi connectivity index (χ0) is 21.2. The van der Waals surface area contributed by atoms with Crippen molar-refractivity contribution >= 4 is 12.4 Å². The quantitative estimate of drug-likeness (QED) is 0.224. The molecule has 0 fully saturated rings. The van der Waals surface area contributed by atoms with Gasteiger partial charge in [-0.2, -0.15) is 0 Å². The molecule has 0 atom stereocenters. The highest BCUT2D eigenvalue weighted by Crippen LogP contribution is 2.22. The Kier molecular flexibility index (Phi) is 6.41. The Balaban J connectivity index is 2.13. The van der Waals surface area contributed by atoms with Crippen molar-refractivity contribution < 1.29 is 43.9 Å². The maximum atomic E-state index is 13.4. The molecular weight excluding hydrogens is 410 g/mol. The predicted molar refractivity (Wildman–Crippen MR) is 77.4 cm³/mol. The number of nitrogens with zero attached hydrogens (tertiary/aromatic N) is 2. The number of halogens is 10. The Morgan fingerprint density at radius 2 is 0.607 bits per heavy atom. The van der Waals surface area contributed by atoms with Crippen molar-refractivity contribution in [1.82, 2.24) is 0 Å². The van der Waals surface area contributed by atoms with Crippen LogP contribution < -0.4 is 0 Å². The minimum absolute atomic E-state index is 0.324. The number of benzene rings is 2. The van der Waals surface area contributed by atoms with Crippen LogP contribution in [0.2, 0.25) is 0 Å². The first-order valence-corrected chi connectivity index (χ1v) is 7.12. The highest BCUT2D eigenvalue weighted by Gasteiger charge is 2.25. The third-order valence-corrected chi connectivity index (χ3v) is 3.29. The van der Waals surface area contributed by atoms with Crippen molar-refractivity contribution in [2.75, 3.05) is 13.1 Å². The molecule has 0 radical (unpaired) electrons. The largest absolute Gasteiger partial charge is 0.290 e. The first-order chi connectivity index (χ1) is 13.1. The maximum Gasteiger partial charge on any atom is 0.200 e. The van der Waals surface area contributed by atoms with Gasteiger partial charge in [0.05, 0.1) is 24.2 Å². The molecule has 0 saturated heterocycles. The summed E-state index contributed by atoms with van der Waals surface area (Å²) in [5, 5.41) is 0. The van der Waals surface area contributed by atoms with Crippen LogP contribution in [0.15, 0.2) is 9.98 Å². The van der Waals surface area contributed by atoms with E-state index >= 15 is 0 Å². The molecular formula is C16H6F10N2. The van der Waals surface area contributed by atoms with Crippen LogP contribution in [0.3, 0.4) is 0 Å². The second-order valence-corrected chi connectivity index (χ2v) is 5.04. The molecule has 0 amide bonds. The van der Waals surface area contributed by atoms with E-state index in [1.165, 1.54) is 0 Å². The van der Waals surface area contributed by atoms with Crippen molar-refractivity contribution in [1.29, 1.82) is 0 Å². The van der Waals surface area contributed by atoms with Crippen LogP contribution in [-0.4, -0.2) is 25.5 Å². The van der Waals surface area contributed by atoms with Crippen LogP contribution >= 0.6 is 0 Å². The van der Waals surface area contributed by atoms with Crippen LogP contribution in [0.1, 0.15) is 11.1 Å². The predicted octanol–water partition coefficient (Wildman–Crippen LogP) is 4.62. The van der Waals surface area contributed by atoms with Crippen LogP contribution in [0.5, 0.6) is 0 Å². The Morgan fingerprint density at radius 1 is 0.393 bits per heavy atom. The zero-order valence-corrected chi connectivity index (χ0v) is 13.2. The SMILES string of the molecule is Fc1c(F)c(F)c(C=NCCN=Cc2c(F)c(F)c(F)c(F)c2F)c(F)c1F. The second kappa shape index (κ2) is 8.40. The summed E-state index contributed by atoms with van der Waals surface area (Å²) in [6.07, 6.45) is 0.647. The summed E-state index contributed by atoms with van der Waals surface area (Å²) in [6.45, 7) is -0.934. The van der Waals surface area contributed by atoms with Gasteiger partial charge in [-0.1, -0.05) is 0 Å². The van der Waals surface area contributed by atoms with E-state index < -0.39 is 82.4 Å². The van der Waals surface area contributed by atoms with Crippen molar-refractivity contribution in [2.24, 2.45) is 9.98 Å². The number of hydrogen-bond acceptors (Lipinski definition) is 2. The average Bonchev–Trinajstić information content (AvgIpc) is 2.68. The second-order valence-electron chi connectivity index (χ2n) is 5.04. The molecule has 0 aromatic heterocycles. The maximum absolute atomic E-state index is 13.4. The monoisotopic (exact) mass is 416 g/mol. The first-order valence-electron chi connectivity index (χ1n) is 7.12. The minimum Gasteiger partial charge on any atom is -0.290 e. The summed E-state index contributed by atoms with van der Waals surface area (Å²) in [6, 6.07) is 0. The lowest BCUT2D eigenvalue weighted by Crippen LogP contribution is -2.07. The molecule has 0 aliphatic carbocycles. The lowest BCUT2D eigenvalue weighted by atomic mass is 10.2. The molecule has 0 N–H and O–H groups in total. The molecule has 28 heavy (non-hydrogen) atoms. The molecule has 2 aromatic rings. The zero-order valence-electron chi connectivity index (χ0n) is 13.2. The molecule has 2 aromatic carbocycles. The first kappa shape index (κ1) is 21.4. The average molecular weight is 416 g/mol. The molecule has 0 unspecified atom stereocenters. The van der Waals surface area contributed by atoms with Gasteiger partial charge in [-0.05, 0) is 0 Å². The van der Waals surface area contributed by atoms with Crippen molar-refractivity contribution in [3.63, 3.8) is 0 Å². The highest BCUT2D eigenvalue weighted by molar-refractivity contribution is 5.81. The molecule has 0 heterocycles. The fourth-order valence-corrected chi connectivity index (χ4v) is 1.90. The smallest absolute Gasteiger partial charge is 0.200 e. The molecule has 12 heteroatoms. The van der Waals surface area contributed by atoms with E-state index in [0.717, 1.165) is 0 Å². The molecule has 150 valence electrons. The van der Waals surface area contributed by atoms with Gasteiger partial charge in [-0.15, -0.1) is 0 Å². The van der Waals surface area contributed by atoms with Crippen LogP contribution in [-0.2, 0) is 0 Å². The van der Waals surface area contributed by atoms with Gasteiger partial charge in [0, 0.05) is 12.4 Å². The van der Waals surface area contributed by atoms with Gasteiger partial charge in [0.1, 0.15) is 0 Å². The normalized spacial score (nSPS) is 11.9.